The van der Waals surface area contributed by atoms with Crippen molar-refractivity contribution in [3.63, 3.8) is 0 Å². The highest BCUT2D eigenvalue weighted by Crippen LogP contribution is 2.18. The van der Waals surface area contributed by atoms with Crippen molar-refractivity contribution in [3.05, 3.63) is 34.9 Å². The molecule has 1 aromatic carbocycles. The Morgan fingerprint density at radius 3 is 2.94 bits per heavy atom. The first-order valence-electron chi connectivity index (χ1n) is 6.97. The van der Waals surface area contributed by atoms with Gasteiger partial charge in [0.1, 0.15) is 5.78 Å². The van der Waals surface area contributed by atoms with Crippen molar-refractivity contribution in [2.75, 3.05) is 13.1 Å². The van der Waals surface area contributed by atoms with Crippen LogP contribution in [0.1, 0.15) is 36.0 Å². The van der Waals surface area contributed by atoms with Gasteiger partial charge in [-0.1, -0.05) is 18.2 Å². The summed E-state index contributed by atoms with van der Waals surface area (Å²) in [5.41, 5.74) is 3.98. The Bertz CT molecular complexity index is 419. The molecule has 1 fully saturated rings. The van der Waals surface area contributed by atoms with E-state index in [1.54, 1.807) is 0 Å². The fraction of sp³-hybridized carbons (Fsp3) is 0.562. The van der Waals surface area contributed by atoms with Gasteiger partial charge >= 0.3 is 0 Å². The number of hydrogen-bond donors (Lipinski definition) is 1. The Hall–Kier alpha value is -1.15. The molecule has 0 radical (unpaired) electrons. The first kappa shape index (κ1) is 13.3. The minimum Gasteiger partial charge on any atom is -0.316 e. The molecule has 18 heavy (non-hydrogen) atoms. The number of ketones is 1. The first-order chi connectivity index (χ1) is 8.68. The molecule has 1 aromatic rings. The molecule has 1 atom stereocenters. The molecule has 98 valence electrons. The van der Waals surface area contributed by atoms with Crippen LogP contribution in [0.15, 0.2) is 18.2 Å². The van der Waals surface area contributed by atoms with Gasteiger partial charge in [-0.25, -0.2) is 0 Å². The number of piperidine rings is 1. The van der Waals surface area contributed by atoms with Crippen molar-refractivity contribution in [1.82, 2.24) is 5.32 Å². The molecule has 0 bridgehead atoms. The molecule has 1 aliphatic rings. The third-order valence-electron chi connectivity index (χ3n) is 4.11. The Balaban J connectivity index is 1.90. The minimum absolute atomic E-state index is 0.254. The molecular formula is C16H23NO. The van der Waals surface area contributed by atoms with Crippen LogP contribution in [0.5, 0.6) is 0 Å². The first-order valence-corrected chi connectivity index (χ1v) is 6.97. The summed E-state index contributed by atoms with van der Waals surface area (Å²) < 4.78 is 0. The molecular weight excluding hydrogens is 222 g/mol. The molecule has 0 aromatic heterocycles. The fourth-order valence-corrected chi connectivity index (χ4v) is 2.67. The summed E-state index contributed by atoms with van der Waals surface area (Å²) >= 11 is 0. The van der Waals surface area contributed by atoms with Crippen LogP contribution in [0.3, 0.4) is 0 Å². The molecule has 2 nitrogen and oxygen atoms in total. The van der Waals surface area contributed by atoms with Gasteiger partial charge in [0, 0.05) is 18.9 Å². The van der Waals surface area contributed by atoms with Gasteiger partial charge in [-0.15, -0.1) is 0 Å². The smallest absolute Gasteiger partial charge is 0.137 e. The average Bonchev–Trinajstić information content (AvgIpc) is 2.41. The van der Waals surface area contributed by atoms with Gasteiger partial charge in [0.2, 0.25) is 0 Å². The lowest BCUT2D eigenvalue weighted by Gasteiger charge is -2.21. The lowest BCUT2D eigenvalue weighted by molar-refractivity contribution is -0.123. The van der Waals surface area contributed by atoms with Crippen molar-refractivity contribution >= 4 is 5.78 Å². The lowest BCUT2D eigenvalue weighted by Crippen LogP contribution is -2.34. The standard InChI is InChI=1S/C16H23NO/c1-12-5-3-6-14(13(12)2)8-9-16(18)15-7-4-10-17-11-15/h3,5-6,15,17H,4,7-11H2,1-2H3. The Morgan fingerprint density at radius 1 is 1.39 bits per heavy atom. The van der Waals surface area contributed by atoms with Crippen molar-refractivity contribution in [1.29, 1.82) is 0 Å². The number of benzene rings is 1. The molecule has 0 aliphatic carbocycles. The van der Waals surface area contributed by atoms with E-state index in [1.807, 2.05) is 0 Å². The van der Waals surface area contributed by atoms with Crippen LogP contribution >= 0.6 is 0 Å². The van der Waals surface area contributed by atoms with E-state index in [0.717, 1.165) is 32.4 Å². The van der Waals surface area contributed by atoms with E-state index < -0.39 is 0 Å². The molecule has 2 heteroatoms. The van der Waals surface area contributed by atoms with Crippen LogP contribution in [-0.2, 0) is 11.2 Å². The number of carbonyl (C=O) groups excluding carboxylic acids is 1. The summed E-state index contributed by atoms with van der Waals surface area (Å²) in [6.07, 6.45) is 3.79. The van der Waals surface area contributed by atoms with Gasteiger partial charge < -0.3 is 5.32 Å². The van der Waals surface area contributed by atoms with Crippen molar-refractivity contribution < 1.29 is 4.79 Å². The molecule has 0 amide bonds. The summed E-state index contributed by atoms with van der Waals surface area (Å²) in [6.45, 7) is 6.23. The summed E-state index contributed by atoms with van der Waals surface area (Å²) in [5, 5.41) is 3.31. The fourth-order valence-electron chi connectivity index (χ4n) is 2.67. The maximum Gasteiger partial charge on any atom is 0.137 e. The molecule has 1 aliphatic heterocycles. The quantitative estimate of drug-likeness (QED) is 0.883. The zero-order chi connectivity index (χ0) is 13.0. The minimum atomic E-state index is 0.254. The third-order valence-corrected chi connectivity index (χ3v) is 4.11. The Labute approximate surface area is 110 Å². The van der Waals surface area contributed by atoms with Gasteiger partial charge in [0.05, 0.1) is 0 Å². The Morgan fingerprint density at radius 2 is 2.22 bits per heavy atom. The predicted octanol–water partition coefficient (Wildman–Crippen LogP) is 2.80. The van der Waals surface area contributed by atoms with E-state index in [1.165, 1.54) is 16.7 Å². The number of Topliss-reactive ketones (excluding diaryl/α,β-unsaturated/α-hetero) is 1. The highest BCUT2D eigenvalue weighted by Gasteiger charge is 2.20. The topological polar surface area (TPSA) is 29.1 Å². The molecule has 2 rings (SSSR count). The largest absolute Gasteiger partial charge is 0.316 e. The number of aryl methyl sites for hydroxylation is 2. The van der Waals surface area contributed by atoms with Crippen LogP contribution in [0.2, 0.25) is 0 Å². The number of carbonyl (C=O) groups is 1. The molecule has 1 unspecified atom stereocenters. The van der Waals surface area contributed by atoms with Crippen molar-refractivity contribution in [3.8, 4) is 0 Å². The van der Waals surface area contributed by atoms with Crippen LogP contribution < -0.4 is 5.32 Å². The number of hydrogen-bond acceptors (Lipinski definition) is 2. The summed E-state index contributed by atoms with van der Waals surface area (Å²) in [5.74, 6) is 0.687. The zero-order valence-electron chi connectivity index (χ0n) is 11.5. The van der Waals surface area contributed by atoms with Crippen LogP contribution in [0.25, 0.3) is 0 Å². The van der Waals surface area contributed by atoms with Gasteiger partial charge in [-0.2, -0.15) is 0 Å². The SMILES string of the molecule is Cc1cccc(CCC(=O)C2CCCNC2)c1C. The molecule has 1 heterocycles. The maximum atomic E-state index is 12.1. The van der Waals surface area contributed by atoms with Crippen LogP contribution in [-0.4, -0.2) is 18.9 Å². The third kappa shape index (κ3) is 3.20. The van der Waals surface area contributed by atoms with Crippen LogP contribution in [0.4, 0.5) is 0 Å². The van der Waals surface area contributed by atoms with E-state index in [2.05, 4.69) is 37.4 Å². The molecule has 1 saturated heterocycles. The molecule has 0 spiro atoms. The van der Waals surface area contributed by atoms with E-state index in [-0.39, 0.29) is 5.92 Å². The lowest BCUT2D eigenvalue weighted by atomic mass is 9.90. The second kappa shape index (κ2) is 6.14. The summed E-state index contributed by atoms with van der Waals surface area (Å²) in [7, 11) is 0. The second-order valence-corrected chi connectivity index (χ2v) is 5.37. The summed E-state index contributed by atoms with van der Waals surface area (Å²) in [4.78, 5) is 12.1. The van der Waals surface area contributed by atoms with Gasteiger partial charge in [0.15, 0.2) is 0 Å². The number of nitrogens with one attached hydrogen (secondary N) is 1. The van der Waals surface area contributed by atoms with E-state index in [0.29, 0.717) is 12.2 Å². The highest BCUT2D eigenvalue weighted by molar-refractivity contribution is 5.81. The van der Waals surface area contributed by atoms with Gasteiger partial charge in [0.25, 0.3) is 0 Å². The normalized spacial score (nSPS) is 19.8. The zero-order valence-corrected chi connectivity index (χ0v) is 11.5. The van der Waals surface area contributed by atoms with Crippen LogP contribution in [0, 0.1) is 19.8 Å². The van der Waals surface area contributed by atoms with E-state index in [9.17, 15) is 4.79 Å². The van der Waals surface area contributed by atoms with Gasteiger partial charge in [-0.3, -0.25) is 4.79 Å². The molecule has 0 saturated carbocycles. The monoisotopic (exact) mass is 245 g/mol. The average molecular weight is 245 g/mol. The van der Waals surface area contributed by atoms with Gasteiger partial charge in [-0.05, 0) is 56.3 Å². The Kier molecular flexibility index (Phi) is 4.54. The summed E-state index contributed by atoms with van der Waals surface area (Å²) in [6, 6.07) is 6.37. The number of rotatable bonds is 4. The highest BCUT2D eigenvalue weighted by atomic mass is 16.1. The van der Waals surface area contributed by atoms with Crippen molar-refractivity contribution in [2.45, 2.75) is 39.5 Å². The van der Waals surface area contributed by atoms with E-state index in [4.69, 9.17) is 0 Å². The molecule has 1 N–H and O–H groups in total. The van der Waals surface area contributed by atoms with E-state index >= 15 is 0 Å². The maximum absolute atomic E-state index is 12.1. The predicted molar refractivity (Wildman–Crippen MR) is 74.8 cm³/mol. The second-order valence-electron chi connectivity index (χ2n) is 5.37. The van der Waals surface area contributed by atoms with Crippen molar-refractivity contribution in [2.24, 2.45) is 5.92 Å².